The molecule has 0 unspecified atom stereocenters. The maximum absolute atomic E-state index is 11.5. The molecule has 132 valence electrons. The molecule has 0 radical (unpaired) electrons. The quantitative estimate of drug-likeness (QED) is 0.323. The molecule has 7 nitrogen and oxygen atoms in total. The first kappa shape index (κ1) is 20.0. The van der Waals surface area contributed by atoms with Crippen LogP contribution in [0.25, 0.3) is 0 Å². The topological polar surface area (TPSA) is 107 Å². The summed E-state index contributed by atoms with van der Waals surface area (Å²) in [7, 11) is 0. The average Bonchev–Trinajstić information content (AvgIpc) is 2.53. The molecule has 0 amide bonds. The van der Waals surface area contributed by atoms with E-state index in [1.807, 2.05) is 45.2 Å². The Hall–Kier alpha value is -1.34. The minimum Gasteiger partial charge on any atom is -0.380 e. The molecule has 2 aromatic carbocycles. The summed E-state index contributed by atoms with van der Waals surface area (Å²) in [5.74, 6) is -0.537. The molecule has 2 aromatic rings. The molecule has 0 heterocycles. The standard InChI is InChI=1S/C16H14I2N2O5/c1-9(2)16(21,12-5-3-10(17)7-14(12)19(22)23)13-6-4-11(18)8-15(13)20(24)25/h3-9,21H,1-2H3. The summed E-state index contributed by atoms with van der Waals surface area (Å²) < 4.78 is 1.27. The Labute approximate surface area is 171 Å². The van der Waals surface area contributed by atoms with E-state index < -0.39 is 21.4 Å². The predicted octanol–water partition coefficient (Wildman–Crippen LogP) is 4.60. The van der Waals surface area contributed by atoms with E-state index in [1.54, 1.807) is 26.0 Å². The number of nitrogens with zero attached hydrogens (tertiary/aromatic N) is 2. The van der Waals surface area contributed by atoms with Gasteiger partial charge in [0.05, 0.1) is 21.0 Å². The number of nitro groups is 2. The Kier molecular flexibility index (Phi) is 5.99. The lowest BCUT2D eigenvalue weighted by Gasteiger charge is -2.32. The number of benzene rings is 2. The fraction of sp³-hybridized carbons (Fsp3) is 0.250. The van der Waals surface area contributed by atoms with Crippen LogP contribution in [0.1, 0.15) is 25.0 Å². The van der Waals surface area contributed by atoms with Crippen LogP contribution < -0.4 is 0 Å². The van der Waals surface area contributed by atoms with E-state index in [4.69, 9.17) is 0 Å². The van der Waals surface area contributed by atoms with E-state index in [-0.39, 0.29) is 22.5 Å². The molecule has 2 rings (SSSR count). The molecule has 1 N–H and O–H groups in total. The van der Waals surface area contributed by atoms with E-state index in [2.05, 4.69) is 0 Å². The third kappa shape index (κ3) is 3.77. The average molecular weight is 568 g/mol. The number of nitro benzene ring substituents is 2. The van der Waals surface area contributed by atoms with Gasteiger partial charge in [0.2, 0.25) is 0 Å². The second-order valence-corrected chi connectivity index (χ2v) is 8.25. The monoisotopic (exact) mass is 568 g/mol. The fourth-order valence-electron chi connectivity index (χ4n) is 2.72. The van der Waals surface area contributed by atoms with Crippen LogP contribution in [0.2, 0.25) is 0 Å². The largest absolute Gasteiger partial charge is 0.380 e. The number of halogens is 2. The number of hydrogen-bond donors (Lipinski definition) is 1. The third-order valence-corrected chi connectivity index (χ3v) is 5.31. The zero-order valence-electron chi connectivity index (χ0n) is 13.3. The highest BCUT2D eigenvalue weighted by molar-refractivity contribution is 14.1. The molecule has 0 aliphatic heterocycles. The Morgan fingerprint density at radius 1 is 0.920 bits per heavy atom. The SMILES string of the molecule is CC(C)C(O)(c1ccc(I)cc1[N+](=O)[O-])c1ccc(I)cc1[N+](=O)[O-]. The second kappa shape index (κ2) is 7.50. The van der Waals surface area contributed by atoms with Gasteiger partial charge in [0, 0.05) is 19.3 Å². The number of aliphatic hydroxyl groups is 1. The van der Waals surface area contributed by atoms with Crippen LogP contribution in [0.4, 0.5) is 11.4 Å². The highest BCUT2D eigenvalue weighted by Gasteiger charge is 2.44. The lowest BCUT2D eigenvalue weighted by atomic mass is 9.76. The summed E-state index contributed by atoms with van der Waals surface area (Å²) >= 11 is 3.88. The molecule has 0 fully saturated rings. The van der Waals surface area contributed by atoms with Crippen molar-refractivity contribution in [3.8, 4) is 0 Å². The van der Waals surface area contributed by atoms with Crippen LogP contribution in [0.5, 0.6) is 0 Å². The lowest BCUT2D eigenvalue weighted by Crippen LogP contribution is -2.35. The van der Waals surface area contributed by atoms with E-state index in [0.29, 0.717) is 7.14 Å². The first-order chi connectivity index (χ1) is 11.6. The maximum atomic E-state index is 11.5. The second-order valence-electron chi connectivity index (χ2n) is 5.76. The van der Waals surface area contributed by atoms with Crippen LogP contribution >= 0.6 is 45.2 Å². The third-order valence-electron chi connectivity index (χ3n) is 3.97. The van der Waals surface area contributed by atoms with Gasteiger partial charge in [-0.15, -0.1) is 0 Å². The minimum absolute atomic E-state index is 0.0391. The molecule has 0 bridgehead atoms. The van der Waals surface area contributed by atoms with Gasteiger partial charge in [-0.1, -0.05) is 13.8 Å². The summed E-state index contributed by atoms with van der Waals surface area (Å²) in [5, 5.41) is 34.5. The molecule has 0 atom stereocenters. The number of hydrogen-bond acceptors (Lipinski definition) is 5. The summed E-state index contributed by atoms with van der Waals surface area (Å²) in [5.41, 5.74) is -2.33. The van der Waals surface area contributed by atoms with Crippen LogP contribution in [-0.2, 0) is 5.60 Å². The van der Waals surface area contributed by atoms with E-state index in [9.17, 15) is 25.3 Å². The highest BCUT2D eigenvalue weighted by Crippen LogP contribution is 2.45. The van der Waals surface area contributed by atoms with Gasteiger partial charge in [-0.3, -0.25) is 20.2 Å². The Balaban J connectivity index is 2.87. The summed E-state index contributed by atoms with van der Waals surface area (Å²) in [6, 6.07) is 8.89. The van der Waals surface area contributed by atoms with Crippen molar-refractivity contribution in [2.75, 3.05) is 0 Å². The van der Waals surface area contributed by atoms with Crippen molar-refractivity contribution in [2.45, 2.75) is 19.4 Å². The van der Waals surface area contributed by atoms with Gasteiger partial charge in [-0.05, 0) is 75.4 Å². The van der Waals surface area contributed by atoms with Crippen LogP contribution in [0, 0.1) is 33.3 Å². The predicted molar refractivity (Wildman–Crippen MR) is 109 cm³/mol. The normalized spacial score (nSPS) is 11.6. The smallest absolute Gasteiger partial charge is 0.276 e. The molecule has 0 saturated heterocycles. The van der Waals surface area contributed by atoms with Crippen molar-refractivity contribution in [2.24, 2.45) is 5.92 Å². The van der Waals surface area contributed by atoms with Crippen molar-refractivity contribution < 1.29 is 15.0 Å². The molecule has 0 saturated carbocycles. The Morgan fingerprint density at radius 3 is 1.56 bits per heavy atom. The first-order valence-corrected chi connectivity index (χ1v) is 9.36. The molecular formula is C16H14I2N2O5. The van der Waals surface area contributed by atoms with E-state index in [0.717, 1.165) is 0 Å². The van der Waals surface area contributed by atoms with Gasteiger partial charge in [0.25, 0.3) is 11.4 Å². The molecule has 0 aliphatic rings. The zero-order valence-corrected chi connectivity index (χ0v) is 17.6. The number of rotatable bonds is 5. The van der Waals surface area contributed by atoms with E-state index >= 15 is 0 Å². The summed E-state index contributed by atoms with van der Waals surface area (Å²) in [4.78, 5) is 21.8. The summed E-state index contributed by atoms with van der Waals surface area (Å²) in [6.45, 7) is 3.34. The lowest BCUT2D eigenvalue weighted by molar-refractivity contribution is -0.388. The van der Waals surface area contributed by atoms with Crippen LogP contribution in [0.15, 0.2) is 36.4 Å². The van der Waals surface area contributed by atoms with Gasteiger partial charge in [-0.25, -0.2) is 0 Å². The van der Waals surface area contributed by atoms with Gasteiger partial charge < -0.3 is 5.11 Å². The summed E-state index contributed by atoms with van der Waals surface area (Å²) in [6.07, 6.45) is 0. The van der Waals surface area contributed by atoms with Crippen molar-refractivity contribution in [1.82, 2.24) is 0 Å². The molecule has 0 aromatic heterocycles. The van der Waals surface area contributed by atoms with Crippen molar-refractivity contribution in [3.63, 3.8) is 0 Å². The van der Waals surface area contributed by atoms with Crippen LogP contribution in [0.3, 0.4) is 0 Å². The molecular weight excluding hydrogens is 554 g/mol. The van der Waals surface area contributed by atoms with Gasteiger partial charge in [0.15, 0.2) is 0 Å². The van der Waals surface area contributed by atoms with Crippen molar-refractivity contribution in [3.05, 3.63) is 74.9 Å². The molecule has 0 aliphatic carbocycles. The van der Waals surface area contributed by atoms with Crippen LogP contribution in [-0.4, -0.2) is 15.0 Å². The maximum Gasteiger partial charge on any atom is 0.276 e. The molecule has 25 heavy (non-hydrogen) atoms. The van der Waals surface area contributed by atoms with Crippen molar-refractivity contribution in [1.29, 1.82) is 0 Å². The molecule has 9 heteroatoms. The van der Waals surface area contributed by atoms with E-state index in [1.165, 1.54) is 24.3 Å². The Morgan fingerprint density at radius 2 is 1.28 bits per heavy atom. The zero-order chi connectivity index (χ0) is 18.9. The molecule has 0 spiro atoms. The fourth-order valence-corrected chi connectivity index (χ4v) is 3.67. The van der Waals surface area contributed by atoms with Gasteiger partial charge in [0.1, 0.15) is 5.60 Å². The van der Waals surface area contributed by atoms with Gasteiger partial charge in [-0.2, -0.15) is 0 Å². The Bertz CT molecular complexity index is 791. The minimum atomic E-state index is -1.88. The highest BCUT2D eigenvalue weighted by atomic mass is 127. The van der Waals surface area contributed by atoms with Crippen molar-refractivity contribution >= 4 is 56.6 Å². The van der Waals surface area contributed by atoms with Gasteiger partial charge >= 0.3 is 0 Å². The first-order valence-electron chi connectivity index (χ1n) is 7.20.